The van der Waals surface area contributed by atoms with E-state index in [1.165, 1.54) is 6.07 Å². The predicted octanol–water partition coefficient (Wildman–Crippen LogP) is 1.22. The van der Waals surface area contributed by atoms with Crippen molar-refractivity contribution in [3.05, 3.63) is 27.9 Å². The van der Waals surface area contributed by atoms with Crippen molar-refractivity contribution in [2.24, 2.45) is 5.92 Å². The van der Waals surface area contributed by atoms with Crippen LogP contribution < -0.4 is 10.9 Å². The van der Waals surface area contributed by atoms with E-state index in [0.29, 0.717) is 19.0 Å². The SMILES string of the molecule is CCOC(c1nc(CNC)cc(=O)[nH]1)C(C)C. The first-order chi connectivity index (χ1) is 8.08. The van der Waals surface area contributed by atoms with Crippen LogP contribution in [0.4, 0.5) is 0 Å². The van der Waals surface area contributed by atoms with Gasteiger partial charge in [0.05, 0.1) is 5.69 Å². The van der Waals surface area contributed by atoms with Gasteiger partial charge in [0.2, 0.25) is 0 Å². The molecular weight excluding hydrogens is 218 g/mol. The quantitative estimate of drug-likeness (QED) is 0.783. The number of ether oxygens (including phenoxy) is 1. The topological polar surface area (TPSA) is 67.0 Å². The van der Waals surface area contributed by atoms with Crippen molar-refractivity contribution in [1.82, 2.24) is 15.3 Å². The Kier molecular flexibility index (Phi) is 5.31. The fourth-order valence-electron chi connectivity index (χ4n) is 1.70. The fourth-order valence-corrected chi connectivity index (χ4v) is 1.70. The lowest BCUT2D eigenvalue weighted by Crippen LogP contribution is -2.22. The number of aromatic nitrogens is 2. The van der Waals surface area contributed by atoms with Crippen LogP contribution in [0.3, 0.4) is 0 Å². The largest absolute Gasteiger partial charge is 0.370 e. The number of hydrogen-bond acceptors (Lipinski definition) is 4. The second kappa shape index (κ2) is 6.51. The summed E-state index contributed by atoms with van der Waals surface area (Å²) in [7, 11) is 1.82. The van der Waals surface area contributed by atoms with Gasteiger partial charge in [0.15, 0.2) is 0 Å². The first-order valence-electron chi connectivity index (χ1n) is 5.94. The molecule has 5 heteroatoms. The van der Waals surface area contributed by atoms with E-state index in [9.17, 15) is 4.79 Å². The highest BCUT2D eigenvalue weighted by Gasteiger charge is 2.19. The van der Waals surface area contributed by atoms with Crippen molar-refractivity contribution in [1.29, 1.82) is 0 Å². The standard InChI is InChI=1S/C12H21N3O2/c1-5-17-11(8(2)3)12-14-9(7-13-4)6-10(16)15-12/h6,8,11,13H,5,7H2,1-4H3,(H,14,15,16). The number of H-pyrrole nitrogens is 1. The third kappa shape index (κ3) is 3.94. The first-order valence-corrected chi connectivity index (χ1v) is 5.94. The van der Waals surface area contributed by atoms with Gasteiger partial charge in [-0.15, -0.1) is 0 Å². The average Bonchev–Trinajstić information content (AvgIpc) is 2.25. The second-order valence-corrected chi connectivity index (χ2v) is 4.27. The molecule has 0 aliphatic heterocycles. The van der Waals surface area contributed by atoms with E-state index in [-0.39, 0.29) is 17.6 Å². The maximum atomic E-state index is 11.5. The molecule has 1 heterocycles. The summed E-state index contributed by atoms with van der Waals surface area (Å²) in [6.45, 7) is 7.21. The summed E-state index contributed by atoms with van der Waals surface area (Å²) in [5.41, 5.74) is 0.599. The van der Waals surface area contributed by atoms with Crippen molar-refractivity contribution in [2.45, 2.75) is 33.4 Å². The van der Waals surface area contributed by atoms with Crippen LogP contribution in [0, 0.1) is 5.92 Å². The van der Waals surface area contributed by atoms with Gasteiger partial charge in [0.1, 0.15) is 11.9 Å². The van der Waals surface area contributed by atoms with Crippen LogP contribution in [0.1, 0.15) is 38.4 Å². The molecule has 1 atom stereocenters. The molecule has 1 rings (SSSR count). The van der Waals surface area contributed by atoms with Crippen LogP contribution in [0.25, 0.3) is 0 Å². The molecule has 0 bridgehead atoms. The van der Waals surface area contributed by atoms with Crippen molar-refractivity contribution in [2.75, 3.05) is 13.7 Å². The van der Waals surface area contributed by atoms with Crippen molar-refractivity contribution < 1.29 is 4.74 Å². The fraction of sp³-hybridized carbons (Fsp3) is 0.667. The van der Waals surface area contributed by atoms with Gasteiger partial charge in [-0.25, -0.2) is 4.98 Å². The molecule has 1 aromatic heterocycles. The molecule has 0 saturated heterocycles. The van der Waals surface area contributed by atoms with Crippen LogP contribution >= 0.6 is 0 Å². The van der Waals surface area contributed by atoms with Gasteiger partial charge in [-0.3, -0.25) is 4.79 Å². The number of nitrogens with one attached hydrogen (secondary N) is 2. The summed E-state index contributed by atoms with van der Waals surface area (Å²) in [5, 5.41) is 2.98. The van der Waals surface area contributed by atoms with Gasteiger partial charge in [0, 0.05) is 19.2 Å². The number of aromatic amines is 1. The maximum Gasteiger partial charge on any atom is 0.251 e. The molecule has 2 N–H and O–H groups in total. The highest BCUT2D eigenvalue weighted by atomic mass is 16.5. The lowest BCUT2D eigenvalue weighted by molar-refractivity contribution is 0.0229. The van der Waals surface area contributed by atoms with Gasteiger partial charge < -0.3 is 15.0 Å². The number of rotatable bonds is 6. The second-order valence-electron chi connectivity index (χ2n) is 4.27. The monoisotopic (exact) mass is 239 g/mol. The molecule has 96 valence electrons. The normalized spacial score (nSPS) is 13.0. The zero-order valence-electron chi connectivity index (χ0n) is 10.9. The molecular formula is C12H21N3O2. The van der Waals surface area contributed by atoms with E-state index >= 15 is 0 Å². The van der Waals surface area contributed by atoms with E-state index in [4.69, 9.17) is 4.74 Å². The highest BCUT2D eigenvalue weighted by Crippen LogP contribution is 2.21. The summed E-state index contributed by atoms with van der Waals surface area (Å²) in [5.74, 6) is 0.877. The summed E-state index contributed by atoms with van der Waals surface area (Å²) in [6.07, 6.45) is -0.162. The van der Waals surface area contributed by atoms with Gasteiger partial charge in [-0.05, 0) is 19.9 Å². The summed E-state index contributed by atoms with van der Waals surface area (Å²) in [4.78, 5) is 18.7. The smallest absolute Gasteiger partial charge is 0.251 e. The Hall–Kier alpha value is -1.20. The van der Waals surface area contributed by atoms with Crippen LogP contribution in [-0.2, 0) is 11.3 Å². The van der Waals surface area contributed by atoms with E-state index in [2.05, 4.69) is 15.3 Å². The zero-order valence-corrected chi connectivity index (χ0v) is 10.9. The molecule has 0 fully saturated rings. The first kappa shape index (κ1) is 13.9. The highest BCUT2D eigenvalue weighted by molar-refractivity contribution is 5.05. The van der Waals surface area contributed by atoms with Crippen molar-refractivity contribution in [3.63, 3.8) is 0 Å². The van der Waals surface area contributed by atoms with Crippen molar-refractivity contribution in [3.8, 4) is 0 Å². The molecule has 17 heavy (non-hydrogen) atoms. The molecule has 1 unspecified atom stereocenters. The molecule has 0 aliphatic rings. The summed E-state index contributed by atoms with van der Waals surface area (Å²) in [6, 6.07) is 1.50. The Bertz CT molecular complexity index is 401. The van der Waals surface area contributed by atoms with E-state index in [0.717, 1.165) is 5.69 Å². The molecule has 0 aliphatic carbocycles. The van der Waals surface area contributed by atoms with Crippen LogP contribution in [0.15, 0.2) is 10.9 Å². The minimum atomic E-state index is -0.162. The molecule has 0 saturated carbocycles. The number of hydrogen-bond donors (Lipinski definition) is 2. The van der Waals surface area contributed by atoms with Gasteiger partial charge in [-0.1, -0.05) is 13.8 Å². The molecule has 1 aromatic rings. The van der Waals surface area contributed by atoms with Crippen LogP contribution in [-0.4, -0.2) is 23.6 Å². The Morgan fingerprint density at radius 1 is 1.53 bits per heavy atom. The lowest BCUT2D eigenvalue weighted by atomic mass is 10.1. The Balaban J connectivity index is 3.05. The molecule has 0 aromatic carbocycles. The third-order valence-corrected chi connectivity index (χ3v) is 2.39. The summed E-state index contributed by atoms with van der Waals surface area (Å²) < 4.78 is 5.62. The minimum absolute atomic E-state index is 0.134. The predicted molar refractivity (Wildman–Crippen MR) is 66.8 cm³/mol. The average molecular weight is 239 g/mol. The zero-order chi connectivity index (χ0) is 12.8. The van der Waals surface area contributed by atoms with E-state index < -0.39 is 0 Å². The van der Waals surface area contributed by atoms with Crippen molar-refractivity contribution >= 4 is 0 Å². The summed E-state index contributed by atoms with van der Waals surface area (Å²) >= 11 is 0. The number of nitrogens with zero attached hydrogens (tertiary/aromatic N) is 1. The van der Waals surface area contributed by atoms with Crippen LogP contribution in [0.2, 0.25) is 0 Å². The third-order valence-electron chi connectivity index (χ3n) is 2.39. The minimum Gasteiger partial charge on any atom is -0.370 e. The maximum absolute atomic E-state index is 11.5. The molecule has 0 radical (unpaired) electrons. The van der Waals surface area contributed by atoms with E-state index in [1.807, 2.05) is 27.8 Å². The molecule has 5 nitrogen and oxygen atoms in total. The van der Waals surface area contributed by atoms with Gasteiger partial charge >= 0.3 is 0 Å². The van der Waals surface area contributed by atoms with Gasteiger partial charge in [0.25, 0.3) is 5.56 Å². The molecule has 0 spiro atoms. The molecule has 0 amide bonds. The Morgan fingerprint density at radius 3 is 2.76 bits per heavy atom. The van der Waals surface area contributed by atoms with E-state index in [1.54, 1.807) is 0 Å². The van der Waals surface area contributed by atoms with Gasteiger partial charge in [-0.2, -0.15) is 0 Å². The Morgan fingerprint density at radius 2 is 2.24 bits per heavy atom. The van der Waals surface area contributed by atoms with Crippen LogP contribution in [0.5, 0.6) is 0 Å². The Labute approximate surface area is 102 Å². The lowest BCUT2D eigenvalue weighted by Gasteiger charge is -2.20.